The Morgan fingerprint density at radius 2 is 1.96 bits per heavy atom. The van der Waals surface area contributed by atoms with E-state index in [1.165, 1.54) is 12.4 Å². The number of halogens is 3. The van der Waals surface area contributed by atoms with Crippen LogP contribution in [0.4, 0.5) is 13.2 Å². The third-order valence-electron chi connectivity index (χ3n) is 3.84. The second kappa shape index (κ2) is 7.17. The highest BCUT2D eigenvalue weighted by molar-refractivity contribution is 5.77. The number of alkyl halides is 3. The minimum Gasteiger partial charge on any atom is -0.465 e. The maximum Gasteiger partial charge on any atom is 0.425 e. The van der Waals surface area contributed by atoms with Gasteiger partial charge >= 0.3 is 6.18 Å². The summed E-state index contributed by atoms with van der Waals surface area (Å²) in [6.45, 7) is 6.82. The van der Waals surface area contributed by atoms with Crippen molar-refractivity contribution in [1.29, 1.82) is 0 Å². The fourth-order valence-corrected chi connectivity index (χ4v) is 2.40. The van der Waals surface area contributed by atoms with E-state index in [0.29, 0.717) is 12.1 Å². The molecule has 0 saturated heterocycles. The van der Waals surface area contributed by atoms with E-state index in [9.17, 15) is 18.0 Å². The molecular formula is C17H24F3N3O2. The summed E-state index contributed by atoms with van der Waals surface area (Å²) in [7, 11) is 0. The van der Waals surface area contributed by atoms with Gasteiger partial charge in [-0.1, -0.05) is 20.8 Å². The average molecular weight is 359 g/mol. The molecule has 5 nitrogen and oxygen atoms in total. The van der Waals surface area contributed by atoms with Gasteiger partial charge < -0.3 is 10.1 Å². The monoisotopic (exact) mass is 359 g/mol. The largest absolute Gasteiger partial charge is 0.465 e. The highest BCUT2D eigenvalue weighted by Gasteiger charge is 2.39. The first-order chi connectivity index (χ1) is 11.5. The summed E-state index contributed by atoms with van der Waals surface area (Å²) in [5, 5.41) is 2.96. The van der Waals surface area contributed by atoms with E-state index in [-0.39, 0.29) is 29.2 Å². The van der Waals surface area contributed by atoms with Crippen LogP contribution in [0.5, 0.6) is 5.88 Å². The fourth-order valence-electron chi connectivity index (χ4n) is 2.40. The van der Waals surface area contributed by atoms with Crippen molar-refractivity contribution >= 4 is 5.91 Å². The lowest BCUT2D eigenvalue weighted by atomic mass is 9.91. The van der Waals surface area contributed by atoms with Crippen molar-refractivity contribution in [2.24, 2.45) is 11.3 Å². The van der Waals surface area contributed by atoms with Gasteiger partial charge in [0.15, 0.2) is 6.10 Å². The molecule has 2 rings (SSSR count). The molecule has 0 bridgehead atoms. The lowest BCUT2D eigenvalue weighted by Crippen LogP contribution is -2.33. The van der Waals surface area contributed by atoms with E-state index in [1.54, 1.807) is 0 Å². The Morgan fingerprint density at radius 1 is 1.32 bits per heavy atom. The zero-order valence-electron chi connectivity index (χ0n) is 14.9. The Hall–Kier alpha value is -1.86. The van der Waals surface area contributed by atoms with E-state index in [4.69, 9.17) is 4.74 Å². The maximum atomic E-state index is 12.6. The highest BCUT2D eigenvalue weighted by Crippen LogP contribution is 2.41. The lowest BCUT2D eigenvalue weighted by molar-refractivity contribution is -0.190. The molecule has 1 saturated carbocycles. The minimum absolute atomic E-state index is 0.103. The molecule has 1 heterocycles. The van der Waals surface area contributed by atoms with Crippen LogP contribution in [0.15, 0.2) is 12.4 Å². The molecule has 1 N–H and O–H groups in total. The predicted molar refractivity (Wildman–Crippen MR) is 85.9 cm³/mol. The SMILES string of the molecule is C[C@@H](Oc1cc(C(NC(=O)CC(C)(C)C)C2CC2)ncn1)C(F)(F)F. The molecule has 8 heteroatoms. The minimum atomic E-state index is -4.47. The Kier molecular flexibility index (Phi) is 5.58. The van der Waals surface area contributed by atoms with Gasteiger partial charge in [0.1, 0.15) is 6.33 Å². The molecule has 1 aromatic heterocycles. The van der Waals surface area contributed by atoms with Crippen molar-refractivity contribution in [3.05, 3.63) is 18.1 Å². The topological polar surface area (TPSA) is 64.1 Å². The van der Waals surface area contributed by atoms with Crippen LogP contribution in [0.3, 0.4) is 0 Å². The van der Waals surface area contributed by atoms with Crippen LogP contribution >= 0.6 is 0 Å². The molecule has 0 spiro atoms. The molecule has 1 aliphatic rings. The van der Waals surface area contributed by atoms with Gasteiger partial charge in [-0.25, -0.2) is 9.97 Å². The normalized spacial score (nSPS) is 17.7. The quantitative estimate of drug-likeness (QED) is 0.839. The van der Waals surface area contributed by atoms with Crippen molar-refractivity contribution in [1.82, 2.24) is 15.3 Å². The zero-order valence-corrected chi connectivity index (χ0v) is 14.9. The molecule has 1 fully saturated rings. The number of nitrogens with one attached hydrogen (secondary N) is 1. The van der Waals surface area contributed by atoms with Crippen LogP contribution in [0.2, 0.25) is 0 Å². The van der Waals surface area contributed by atoms with Crippen molar-refractivity contribution in [3.8, 4) is 5.88 Å². The zero-order chi connectivity index (χ0) is 18.8. The molecule has 2 atom stereocenters. The first-order valence-corrected chi connectivity index (χ1v) is 8.30. The number of hydrogen-bond acceptors (Lipinski definition) is 4. The summed E-state index contributed by atoms with van der Waals surface area (Å²) >= 11 is 0. The highest BCUT2D eigenvalue weighted by atomic mass is 19.4. The molecule has 0 radical (unpaired) electrons. The Labute approximate surface area is 145 Å². The third kappa shape index (κ3) is 6.17. The van der Waals surface area contributed by atoms with E-state index >= 15 is 0 Å². The second-order valence-electron chi connectivity index (χ2n) is 7.70. The molecule has 1 aromatic rings. The summed E-state index contributed by atoms with van der Waals surface area (Å²) in [5.74, 6) is -0.00797. The van der Waals surface area contributed by atoms with E-state index in [0.717, 1.165) is 19.8 Å². The Morgan fingerprint density at radius 3 is 2.48 bits per heavy atom. The van der Waals surface area contributed by atoms with Crippen LogP contribution in [0.1, 0.15) is 58.7 Å². The number of carbonyl (C=O) groups is 1. The van der Waals surface area contributed by atoms with Gasteiger partial charge in [0.05, 0.1) is 11.7 Å². The van der Waals surface area contributed by atoms with Crippen molar-refractivity contribution in [2.45, 2.75) is 65.3 Å². The van der Waals surface area contributed by atoms with E-state index in [1.807, 2.05) is 20.8 Å². The Balaban J connectivity index is 2.11. The summed E-state index contributed by atoms with van der Waals surface area (Å²) in [4.78, 5) is 20.1. The molecule has 0 aromatic carbocycles. The standard InChI is InChI=1S/C17H24F3N3O2/c1-10(17(18,19)20)25-14-7-12(21-9-22-14)15(11-5-6-11)23-13(24)8-16(2,3)4/h7,9-11,15H,5-6,8H2,1-4H3,(H,23,24)/t10-,15?/m1/s1. The van der Waals surface area contributed by atoms with Gasteiger partial charge in [0.25, 0.3) is 0 Å². The first-order valence-electron chi connectivity index (χ1n) is 8.30. The van der Waals surface area contributed by atoms with Gasteiger partial charge in [-0.3, -0.25) is 4.79 Å². The third-order valence-corrected chi connectivity index (χ3v) is 3.84. The van der Waals surface area contributed by atoms with E-state index < -0.39 is 12.3 Å². The molecule has 0 aliphatic heterocycles. The molecule has 1 unspecified atom stereocenters. The predicted octanol–water partition coefficient (Wildman–Crippen LogP) is 3.81. The average Bonchev–Trinajstić information content (AvgIpc) is 3.26. The van der Waals surface area contributed by atoms with Crippen molar-refractivity contribution in [2.75, 3.05) is 0 Å². The summed E-state index contributed by atoms with van der Waals surface area (Å²) in [6, 6.07) is 1.05. The van der Waals surface area contributed by atoms with Crippen LogP contribution < -0.4 is 10.1 Å². The van der Waals surface area contributed by atoms with Crippen molar-refractivity contribution in [3.63, 3.8) is 0 Å². The molecule has 1 amide bonds. The lowest BCUT2D eigenvalue weighted by Gasteiger charge is -2.23. The van der Waals surface area contributed by atoms with Crippen molar-refractivity contribution < 1.29 is 22.7 Å². The number of aromatic nitrogens is 2. The summed E-state index contributed by atoms with van der Waals surface area (Å²) in [6.07, 6.45) is -3.03. The maximum absolute atomic E-state index is 12.6. The second-order valence-corrected chi connectivity index (χ2v) is 7.70. The molecule has 1 aliphatic carbocycles. The molecule has 140 valence electrons. The molecule has 25 heavy (non-hydrogen) atoms. The van der Waals surface area contributed by atoms with Gasteiger partial charge in [-0.2, -0.15) is 13.2 Å². The number of carbonyl (C=O) groups excluding carboxylic acids is 1. The molecular weight excluding hydrogens is 335 g/mol. The Bertz CT molecular complexity index is 610. The van der Waals surface area contributed by atoms with Gasteiger partial charge in [0, 0.05) is 12.5 Å². The van der Waals surface area contributed by atoms with Crippen LogP contribution in [-0.4, -0.2) is 28.2 Å². The number of nitrogens with zero attached hydrogens (tertiary/aromatic N) is 2. The number of rotatable bonds is 6. The summed E-state index contributed by atoms with van der Waals surface area (Å²) in [5.41, 5.74) is 0.324. The fraction of sp³-hybridized carbons (Fsp3) is 0.706. The van der Waals surface area contributed by atoms with Gasteiger partial charge in [-0.15, -0.1) is 0 Å². The van der Waals surface area contributed by atoms with Gasteiger partial charge in [0.2, 0.25) is 11.8 Å². The smallest absolute Gasteiger partial charge is 0.425 e. The van der Waals surface area contributed by atoms with Crippen LogP contribution in [-0.2, 0) is 4.79 Å². The first kappa shape index (κ1) is 19.5. The van der Waals surface area contributed by atoms with Crippen LogP contribution in [0.25, 0.3) is 0 Å². The van der Waals surface area contributed by atoms with E-state index in [2.05, 4.69) is 15.3 Å². The number of amides is 1. The van der Waals surface area contributed by atoms with Gasteiger partial charge in [-0.05, 0) is 31.1 Å². The number of hydrogen-bond donors (Lipinski definition) is 1. The van der Waals surface area contributed by atoms with Crippen LogP contribution in [0, 0.1) is 11.3 Å². The number of ether oxygens (including phenoxy) is 1. The summed E-state index contributed by atoms with van der Waals surface area (Å²) < 4.78 is 42.8.